The Morgan fingerprint density at radius 1 is 1.31 bits per heavy atom. The van der Waals surface area contributed by atoms with Crippen LogP contribution in [0.5, 0.6) is 0 Å². The summed E-state index contributed by atoms with van der Waals surface area (Å²) in [5.41, 5.74) is 6.75. The molecule has 0 spiro atoms. The van der Waals surface area contributed by atoms with E-state index in [2.05, 4.69) is 15.0 Å². The first-order chi connectivity index (χ1) is 17.2. The van der Waals surface area contributed by atoms with Gasteiger partial charge in [-0.3, -0.25) is 23.7 Å². The van der Waals surface area contributed by atoms with E-state index in [9.17, 15) is 24.5 Å². The highest BCUT2D eigenvalue weighted by Gasteiger charge is 2.45. The topological polar surface area (TPSA) is 192 Å². The molecule has 0 saturated carbocycles. The number of anilines is 2. The highest BCUT2D eigenvalue weighted by molar-refractivity contribution is 7.34. The molecule has 1 saturated heterocycles. The Bertz CT molecular complexity index is 1270. The molecule has 1 fully saturated rings. The third-order valence-electron chi connectivity index (χ3n) is 5.79. The van der Waals surface area contributed by atoms with Gasteiger partial charge in [0.1, 0.15) is 18.3 Å². The lowest BCUT2D eigenvalue weighted by Crippen LogP contribution is -2.35. The van der Waals surface area contributed by atoms with Crippen LogP contribution in [0, 0.1) is 0 Å². The molecule has 0 bridgehead atoms. The molecule has 1 aromatic carbocycles. The summed E-state index contributed by atoms with van der Waals surface area (Å²) in [5.74, 6) is 0.335. The Hall–Kier alpha value is -2.55. The number of ether oxygens (including phenoxy) is 1. The quantitative estimate of drug-likeness (QED) is 0.129. The van der Waals surface area contributed by atoms with E-state index >= 15 is 0 Å². The number of aromatic amines is 1. The maximum atomic E-state index is 12.0. The van der Waals surface area contributed by atoms with Gasteiger partial charge in [-0.25, -0.2) is 4.98 Å². The van der Waals surface area contributed by atoms with Gasteiger partial charge >= 0.3 is 0 Å². The number of H-pyrrole nitrogens is 1. The van der Waals surface area contributed by atoms with Gasteiger partial charge in [0.15, 0.2) is 17.4 Å². The number of hydrogen-bond acceptors (Lipinski definition) is 10. The molecular weight excluding hydrogens is 517 g/mol. The van der Waals surface area contributed by atoms with Gasteiger partial charge in [-0.1, -0.05) is 12.1 Å². The van der Waals surface area contributed by atoms with Crippen LogP contribution in [0.4, 0.5) is 11.6 Å². The number of fused-ring (bicyclic) bond motifs is 1. The highest BCUT2D eigenvalue weighted by Crippen LogP contribution is 2.33. The molecule has 6 N–H and O–H groups in total. The van der Waals surface area contributed by atoms with Gasteiger partial charge in [0.2, 0.25) is 5.95 Å². The van der Waals surface area contributed by atoms with E-state index in [1.54, 1.807) is 12.1 Å². The Kier molecular flexibility index (Phi) is 8.27. The van der Waals surface area contributed by atoms with Crippen LogP contribution < -0.4 is 16.2 Å². The molecule has 0 radical (unpaired) electrons. The predicted octanol–water partition coefficient (Wildman–Crippen LogP) is -0.188. The van der Waals surface area contributed by atoms with Gasteiger partial charge < -0.3 is 30.5 Å². The number of benzene rings is 1. The Morgan fingerprint density at radius 2 is 2.03 bits per heavy atom. The van der Waals surface area contributed by atoms with E-state index in [1.165, 1.54) is 10.9 Å². The molecule has 3 aromatic rings. The average molecular weight is 544 g/mol. The number of rotatable bonds is 10. The fraction of sp³-hybridized carbons (Fsp3) is 0.450. The second-order valence-electron chi connectivity index (χ2n) is 8.21. The molecule has 14 nitrogen and oxygen atoms in total. The average Bonchev–Trinajstić information content (AvgIpc) is 3.38. The monoisotopic (exact) mass is 543 g/mol. The van der Waals surface area contributed by atoms with Crippen molar-refractivity contribution in [2.75, 3.05) is 36.7 Å². The molecule has 0 aliphatic carbocycles. The number of halogens is 1. The zero-order valence-corrected chi connectivity index (χ0v) is 20.9. The SMILES string of the molecule is CN(CCCl)c1ccc(CN(OC[C@H]2O[C@@H](n3cnc4c(=O)[nH]c(N)nc43)C(O)C2O)[PH](=O)O)cc1. The molecule has 3 heterocycles. The lowest BCUT2D eigenvalue weighted by Gasteiger charge is -2.22. The lowest BCUT2D eigenvalue weighted by atomic mass is 10.1. The zero-order chi connectivity index (χ0) is 26.0. The highest BCUT2D eigenvalue weighted by atomic mass is 35.5. The minimum atomic E-state index is -3.26. The molecule has 1 aliphatic heterocycles. The summed E-state index contributed by atoms with van der Waals surface area (Å²) in [4.78, 5) is 40.5. The normalized spacial score (nSPS) is 22.9. The number of imidazole rings is 1. The molecule has 5 atom stereocenters. The standard InChI is InChI=1S/C20H27ClN7O7P/c1-26(7-6-21)12-4-2-11(3-5-12)8-28(36(32)33)34-9-13-15(29)16(30)19(35-13)27-10-23-14-17(27)24-20(22)25-18(14)31/h2-5,10,13,15-16,19,29-30,36H,6-9H2,1H3,(H,32,33)(H3,22,24,25,31)/t13-,15?,16?,19-/m1/s1. The number of aliphatic hydroxyl groups is 2. The summed E-state index contributed by atoms with van der Waals surface area (Å²) >= 11 is 5.77. The summed E-state index contributed by atoms with van der Waals surface area (Å²) < 4.78 is 19.0. The van der Waals surface area contributed by atoms with E-state index in [0.29, 0.717) is 12.4 Å². The molecule has 1 aliphatic rings. The first kappa shape index (κ1) is 26.5. The second-order valence-corrected chi connectivity index (χ2v) is 9.66. The van der Waals surface area contributed by atoms with Crippen LogP contribution in [-0.4, -0.2) is 83.9 Å². The summed E-state index contributed by atoms with van der Waals surface area (Å²) in [7, 11) is -1.36. The third-order valence-corrected chi connectivity index (χ3v) is 6.68. The van der Waals surface area contributed by atoms with Crippen LogP contribution in [0.25, 0.3) is 11.2 Å². The third kappa shape index (κ3) is 5.56. The van der Waals surface area contributed by atoms with Gasteiger partial charge in [-0.05, 0) is 17.7 Å². The summed E-state index contributed by atoms with van der Waals surface area (Å²) in [5, 5.41) is 21.1. The molecule has 3 unspecified atom stereocenters. The van der Waals surface area contributed by atoms with E-state index in [4.69, 9.17) is 26.9 Å². The Balaban J connectivity index is 1.42. The number of hydroxylamine groups is 1. The van der Waals surface area contributed by atoms with Crippen LogP contribution in [0.3, 0.4) is 0 Å². The molecular formula is C20H27ClN7O7P. The number of aromatic nitrogens is 4. The number of nitrogens with two attached hydrogens (primary N) is 1. The maximum Gasteiger partial charge on any atom is 0.281 e. The number of aliphatic hydroxyl groups excluding tert-OH is 2. The predicted molar refractivity (Wildman–Crippen MR) is 132 cm³/mol. The number of alkyl halides is 1. The van der Waals surface area contributed by atoms with Crippen molar-refractivity contribution in [3.63, 3.8) is 0 Å². The summed E-state index contributed by atoms with van der Waals surface area (Å²) in [6.45, 7) is 0.345. The first-order valence-electron chi connectivity index (χ1n) is 10.9. The number of nitrogen functional groups attached to an aromatic ring is 1. The van der Waals surface area contributed by atoms with Crippen molar-refractivity contribution in [2.45, 2.75) is 31.1 Å². The van der Waals surface area contributed by atoms with Gasteiger partial charge in [0.05, 0.1) is 19.5 Å². The van der Waals surface area contributed by atoms with Gasteiger partial charge in [-0.2, -0.15) is 4.98 Å². The van der Waals surface area contributed by atoms with E-state index < -0.39 is 38.3 Å². The van der Waals surface area contributed by atoms with Crippen molar-refractivity contribution in [3.05, 3.63) is 46.5 Å². The van der Waals surface area contributed by atoms with Crippen LogP contribution in [0.2, 0.25) is 0 Å². The Morgan fingerprint density at radius 3 is 2.69 bits per heavy atom. The van der Waals surface area contributed by atoms with Gasteiger partial charge in [-0.15, -0.1) is 16.4 Å². The van der Waals surface area contributed by atoms with Crippen LogP contribution in [0.1, 0.15) is 11.8 Å². The lowest BCUT2D eigenvalue weighted by molar-refractivity contribution is -0.149. The fourth-order valence-electron chi connectivity index (χ4n) is 3.84. The van der Waals surface area contributed by atoms with Crippen LogP contribution in [0.15, 0.2) is 35.4 Å². The molecule has 0 amide bonds. The molecule has 2 aromatic heterocycles. The number of nitrogens with one attached hydrogen (secondary N) is 1. The van der Waals surface area contributed by atoms with Crippen molar-refractivity contribution >= 4 is 42.6 Å². The van der Waals surface area contributed by atoms with Crippen molar-refractivity contribution in [3.8, 4) is 0 Å². The zero-order valence-electron chi connectivity index (χ0n) is 19.2. The van der Waals surface area contributed by atoms with Crippen molar-refractivity contribution in [2.24, 2.45) is 0 Å². The minimum absolute atomic E-state index is 0.000720. The number of hydrogen-bond donors (Lipinski definition) is 5. The molecule has 4 rings (SSSR count). The number of nitrogens with zero attached hydrogens (tertiary/aromatic N) is 5. The molecule has 36 heavy (non-hydrogen) atoms. The second kappa shape index (κ2) is 11.2. The van der Waals surface area contributed by atoms with Crippen molar-refractivity contribution in [1.29, 1.82) is 0 Å². The fourth-order valence-corrected chi connectivity index (χ4v) is 4.59. The van der Waals surface area contributed by atoms with Crippen LogP contribution >= 0.6 is 19.8 Å². The first-order valence-corrected chi connectivity index (χ1v) is 12.8. The van der Waals surface area contributed by atoms with Crippen LogP contribution in [-0.2, 0) is 20.7 Å². The van der Waals surface area contributed by atoms with Crippen molar-refractivity contribution < 1.29 is 29.2 Å². The van der Waals surface area contributed by atoms with E-state index in [1.807, 2.05) is 24.1 Å². The van der Waals surface area contributed by atoms with Crippen molar-refractivity contribution in [1.82, 2.24) is 24.4 Å². The largest absolute Gasteiger partial charge is 0.387 e. The Labute approximate surface area is 210 Å². The molecule has 16 heteroatoms. The van der Waals surface area contributed by atoms with Gasteiger partial charge in [0.25, 0.3) is 13.7 Å². The molecule has 196 valence electrons. The minimum Gasteiger partial charge on any atom is -0.387 e. The maximum absolute atomic E-state index is 12.0. The van der Waals surface area contributed by atoms with E-state index in [-0.39, 0.29) is 30.3 Å². The smallest absolute Gasteiger partial charge is 0.281 e. The van der Waals surface area contributed by atoms with Gasteiger partial charge in [0, 0.05) is 25.2 Å². The van der Waals surface area contributed by atoms with E-state index in [0.717, 1.165) is 16.1 Å². The summed E-state index contributed by atoms with van der Waals surface area (Å²) in [6, 6.07) is 7.32. The summed E-state index contributed by atoms with van der Waals surface area (Å²) in [6.07, 6.45) is -3.79.